The average Bonchev–Trinajstić information content (AvgIpc) is 2.73. The van der Waals surface area contributed by atoms with E-state index in [9.17, 15) is 4.79 Å². The van der Waals surface area contributed by atoms with Crippen LogP contribution in [0.1, 0.15) is 11.4 Å². The maximum atomic E-state index is 11.6. The second-order valence-corrected chi connectivity index (χ2v) is 4.34. The van der Waals surface area contributed by atoms with Crippen LogP contribution in [0.4, 0.5) is 5.13 Å². The SMILES string of the molecule is Nc1nc(CC(=O)NCc2ccccn2)cs1. The smallest absolute Gasteiger partial charge is 0.226 e. The lowest BCUT2D eigenvalue weighted by atomic mass is 10.3. The molecule has 17 heavy (non-hydrogen) atoms. The van der Waals surface area contributed by atoms with E-state index in [0.717, 1.165) is 5.69 Å². The molecular formula is C11H12N4OS. The molecule has 0 spiro atoms. The van der Waals surface area contributed by atoms with Gasteiger partial charge in [0.15, 0.2) is 5.13 Å². The number of hydrogen-bond acceptors (Lipinski definition) is 5. The summed E-state index contributed by atoms with van der Waals surface area (Å²) >= 11 is 1.34. The van der Waals surface area contributed by atoms with E-state index in [1.807, 2.05) is 18.2 Å². The Balaban J connectivity index is 1.82. The lowest BCUT2D eigenvalue weighted by molar-refractivity contribution is -0.120. The van der Waals surface area contributed by atoms with Crippen molar-refractivity contribution in [2.24, 2.45) is 0 Å². The van der Waals surface area contributed by atoms with E-state index in [2.05, 4.69) is 15.3 Å². The molecule has 0 saturated carbocycles. The van der Waals surface area contributed by atoms with Crippen LogP contribution in [-0.4, -0.2) is 15.9 Å². The second kappa shape index (κ2) is 5.40. The first-order valence-electron chi connectivity index (χ1n) is 5.10. The Morgan fingerprint density at radius 1 is 1.41 bits per heavy atom. The summed E-state index contributed by atoms with van der Waals surface area (Å²) in [4.78, 5) is 19.7. The number of nitrogen functional groups attached to an aromatic ring is 1. The summed E-state index contributed by atoms with van der Waals surface area (Å²) in [6.45, 7) is 0.430. The summed E-state index contributed by atoms with van der Waals surface area (Å²) < 4.78 is 0. The molecule has 0 fully saturated rings. The summed E-state index contributed by atoms with van der Waals surface area (Å²) in [5.74, 6) is -0.0825. The lowest BCUT2D eigenvalue weighted by Gasteiger charge is -2.02. The van der Waals surface area contributed by atoms with Gasteiger partial charge in [-0.2, -0.15) is 0 Å². The fourth-order valence-electron chi connectivity index (χ4n) is 1.32. The molecule has 0 unspecified atom stereocenters. The highest BCUT2D eigenvalue weighted by Crippen LogP contribution is 2.11. The minimum Gasteiger partial charge on any atom is -0.375 e. The predicted octanol–water partition coefficient (Wildman–Crippen LogP) is 0.979. The van der Waals surface area contributed by atoms with Crippen LogP contribution in [0.25, 0.3) is 0 Å². The molecule has 0 radical (unpaired) electrons. The van der Waals surface area contributed by atoms with Crippen LogP contribution in [0.3, 0.4) is 0 Å². The molecule has 0 aliphatic heterocycles. The zero-order chi connectivity index (χ0) is 12.1. The van der Waals surface area contributed by atoms with Gasteiger partial charge in [-0.1, -0.05) is 6.07 Å². The first-order chi connectivity index (χ1) is 8.24. The number of nitrogens with zero attached hydrogens (tertiary/aromatic N) is 2. The van der Waals surface area contributed by atoms with E-state index in [4.69, 9.17) is 5.73 Å². The molecule has 0 aliphatic rings. The van der Waals surface area contributed by atoms with Crippen LogP contribution in [0.2, 0.25) is 0 Å². The zero-order valence-electron chi connectivity index (χ0n) is 9.09. The molecule has 3 N–H and O–H groups in total. The molecule has 2 aromatic heterocycles. The Morgan fingerprint density at radius 2 is 2.29 bits per heavy atom. The number of carbonyl (C=O) groups is 1. The van der Waals surface area contributed by atoms with Crippen molar-refractivity contribution in [1.82, 2.24) is 15.3 Å². The third-order valence-electron chi connectivity index (χ3n) is 2.10. The molecule has 0 aliphatic carbocycles. The maximum absolute atomic E-state index is 11.6. The molecular weight excluding hydrogens is 236 g/mol. The van der Waals surface area contributed by atoms with E-state index in [1.54, 1.807) is 11.6 Å². The van der Waals surface area contributed by atoms with Crippen molar-refractivity contribution in [3.05, 3.63) is 41.2 Å². The second-order valence-electron chi connectivity index (χ2n) is 3.45. The van der Waals surface area contributed by atoms with Crippen molar-refractivity contribution >= 4 is 22.4 Å². The van der Waals surface area contributed by atoms with Gasteiger partial charge in [0.05, 0.1) is 24.4 Å². The van der Waals surface area contributed by atoms with Crippen LogP contribution in [0.5, 0.6) is 0 Å². The molecule has 0 aromatic carbocycles. The number of rotatable bonds is 4. The summed E-state index contributed by atoms with van der Waals surface area (Å²) in [5, 5.41) is 5.05. The number of thiazole rings is 1. The third-order valence-corrected chi connectivity index (χ3v) is 2.83. The highest BCUT2D eigenvalue weighted by Gasteiger charge is 2.06. The van der Waals surface area contributed by atoms with Gasteiger partial charge in [-0.25, -0.2) is 4.98 Å². The number of hydrogen-bond donors (Lipinski definition) is 2. The van der Waals surface area contributed by atoms with Gasteiger partial charge in [0, 0.05) is 11.6 Å². The summed E-state index contributed by atoms with van der Waals surface area (Å²) in [6, 6.07) is 5.58. The van der Waals surface area contributed by atoms with E-state index >= 15 is 0 Å². The van der Waals surface area contributed by atoms with Crippen LogP contribution in [-0.2, 0) is 17.8 Å². The number of carbonyl (C=O) groups excluding carboxylic acids is 1. The zero-order valence-corrected chi connectivity index (χ0v) is 9.91. The van der Waals surface area contributed by atoms with Gasteiger partial charge in [0.25, 0.3) is 0 Å². The Morgan fingerprint density at radius 3 is 2.94 bits per heavy atom. The molecule has 0 bridgehead atoms. The van der Waals surface area contributed by atoms with Crippen molar-refractivity contribution in [2.75, 3.05) is 5.73 Å². The Hall–Kier alpha value is -1.95. The monoisotopic (exact) mass is 248 g/mol. The number of aromatic nitrogens is 2. The number of pyridine rings is 1. The minimum atomic E-state index is -0.0825. The summed E-state index contributed by atoms with van der Waals surface area (Å²) in [6.07, 6.45) is 1.95. The Kier molecular flexibility index (Phi) is 3.66. The highest BCUT2D eigenvalue weighted by molar-refractivity contribution is 7.13. The molecule has 88 valence electrons. The maximum Gasteiger partial charge on any atom is 0.226 e. The third kappa shape index (κ3) is 3.53. The molecule has 2 aromatic rings. The van der Waals surface area contributed by atoms with Gasteiger partial charge in [-0.3, -0.25) is 9.78 Å². The van der Waals surface area contributed by atoms with Gasteiger partial charge >= 0.3 is 0 Å². The fraction of sp³-hybridized carbons (Fsp3) is 0.182. The number of anilines is 1. The standard InChI is InChI=1S/C11H12N4OS/c12-11-15-9(7-17-11)5-10(16)14-6-8-3-1-2-4-13-8/h1-4,7H,5-6H2,(H2,12,15)(H,14,16). The highest BCUT2D eigenvalue weighted by atomic mass is 32.1. The van der Waals surface area contributed by atoms with E-state index in [0.29, 0.717) is 17.4 Å². The van der Waals surface area contributed by atoms with Crippen LogP contribution in [0.15, 0.2) is 29.8 Å². The van der Waals surface area contributed by atoms with Gasteiger partial charge in [-0.15, -0.1) is 11.3 Å². The van der Waals surface area contributed by atoms with E-state index < -0.39 is 0 Å². The van der Waals surface area contributed by atoms with Crippen LogP contribution >= 0.6 is 11.3 Å². The predicted molar refractivity (Wildman–Crippen MR) is 66.3 cm³/mol. The molecule has 5 nitrogen and oxygen atoms in total. The fourth-order valence-corrected chi connectivity index (χ4v) is 1.89. The lowest BCUT2D eigenvalue weighted by Crippen LogP contribution is -2.25. The van der Waals surface area contributed by atoms with Gasteiger partial charge in [-0.05, 0) is 12.1 Å². The van der Waals surface area contributed by atoms with E-state index in [-0.39, 0.29) is 12.3 Å². The van der Waals surface area contributed by atoms with E-state index in [1.165, 1.54) is 11.3 Å². The molecule has 2 rings (SSSR count). The molecule has 0 saturated heterocycles. The largest absolute Gasteiger partial charge is 0.375 e. The topological polar surface area (TPSA) is 80.9 Å². The number of amides is 1. The van der Waals surface area contributed by atoms with Crippen molar-refractivity contribution in [3.63, 3.8) is 0 Å². The Bertz CT molecular complexity index is 497. The summed E-state index contributed by atoms with van der Waals surface area (Å²) in [5.41, 5.74) is 7.02. The van der Waals surface area contributed by atoms with Crippen molar-refractivity contribution in [3.8, 4) is 0 Å². The molecule has 6 heteroatoms. The summed E-state index contributed by atoms with van der Waals surface area (Å²) in [7, 11) is 0. The number of nitrogens with two attached hydrogens (primary N) is 1. The molecule has 0 atom stereocenters. The van der Waals surface area contributed by atoms with Crippen LogP contribution < -0.4 is 11.1 Å². The van der Waals surface area contributed by atoms with Crippen molar-refractivity contribution < 1.29 is 4.79 Å². The quantitative estimate of drug-likeness (QED) is 0.845. The van der Waals surface area contributed by atoms with Gasteiger partial charge in [0.1, 0.15) is 0 Å². The van der Waals surface area contributed by atoms with Crippen molar-refractivity contribution in [1.29, 1.82) is 0 Å². The van der Waals surface area contributed by atoms with Crippen LogP contribution in [0, 0.1) is 0 Å². The first kappa shape index (κ1) is 11.5. The molecule has 1 amide bonds. The average molecular weight is 248 g/mol. The molecule has 2 heterocycles. The first-order valence-corrected chi connectivity index (χ1v) is 5.98. The number of nitrogens with one attached hydrogen (secondary N) is 1. The van der Waals surface area contributed by atoms with Gasteiger partial charge in [0.2, 0.25) is 5.91 Å². The Labute approximate surface area is 103 Å². The van der Waals surface area contributed by atoms with Crippen molar-refractivity contribution in [2.45, 2.75) is 13.0 Å². The minimum absolute atomic E-state index is 0.0825. The normalized spacial score (nSPS) is 10.1. The van der Waals surface area contributed by atoms with Gasteiger partial charge < -0.3 is 11.1 Å².